The van der Waals surface area contributed by atoms with Crippen molar-refractivity contribution in [2.75, 3.05) is 16.8 Å². The molecule has 0 bridgehead atoms. The van der Waals surface area contributed by atoms with Crippen LogP contribution in [0.25, 0.3) is 21.8 Å². The van der Waals surface area contributed by atoms with E-state index in [9.17, 15) is 4.79 Å². The van der Waals surface area contributed by atoms with Gasteiger partial charge in [0.15, 0.2) is 0 Å². The fourth-order valence-corrected chi connectivity index (χ4v) is 4.07. The molecule has 134 valence electrons. The van der Waals surface area contributed by atoms with Gasteiger partial charge in [0.25, 0.3) is 0 Å². The zero-order valence-electron chi connectivity index (χ0n) is 15.4. The minimum absolute atomic E-state index is 0.0974. The number of aromatic nitrogens is 2. The molecule has 0 aliphatic carbocycles. The van der Waals surface area contributed by atoms with Crippen molar-refractivity contribution in [3.8, 4) is 0 Å². The number of urea groups is 1. The van der Waals surface area contributed by atoms with Crippen LogP contribution in [0.4, 0.5) is 16.2 Å². The first-order valence-electron chi connectivity index (χ1n) is 9.13. The highest BCUT2D eigenvalue weighted by Crippen LogP contribution is 2.35. The van der Waals surface area contributed by atoms with Gasteiger partial charge in [-0.1, -0.05) is 18.2 Å². The Bertz CT molecular complexity index is 1210. The molecular weight excluding hydrogens is 336 g/mol. The third-order valence-corrected chi connectivity index (χ3v) is 5.36. The van der Waals surface area contributed by atoms with E-state index >= 15 is 0 Å². The van der Waals surface area contributed by atoms with Crippen molar-refractivity contribution in [3.05, 3.63) is 66.0 Å². The average molecular weight is 356 g/mol. The standard InChI is InChI=1S/C22H20N4O/c1-14-13-19(17-5-3-4-6-18(17)23-14)24-22(27)26-12-10-16-15-9-11-25(2)20(15)7-8-21(16)26/h3-9,11,13H,10,12H2,1-2H3,(H,23,24,27). The molecule has 1 aliphatic rings. The minimum Gasteiger partial charge on any atom is -0.351 e. The van der Waals surface area contributed by atoms with E-state index in [0.29, 0.717) is 6.54 Å². The maximum Gasteiger partial charge on any atom is 0.326 e. The van der Waals surface area contributed by atoms with E-state index in [1.165, 1.54) is 16.5 Å². The predicted octanol–water partition coefficient (Wildman–Crippen LogP) is 4.63. The van der Waals surface area contributed by atoms with Gasteiger partial charge in [0.05, 0.1) is 11.2 Å². The second-order valence-electron chi connectivity index (χ2n) is 7.08. The summed E-state index contributed by atoms with van der Waals surface area (Å²) in [4.78, 5) is 19.4. The zero-order valence-corrected chi connectivity index (χ0v) is 15.4. The summed E-state index contributed by atoms with van der Waals surface area (Å²) in [6.45, 7) is 2.64. The Morgan fingerprint density at radius 1 is 1.11 bits per heavy atom. The van der Waals surface area contributed by atoms with Gasteiger partial charge in [-0.25, -0.2) is 4.79 Å². The first kappa shape index (κ1) is 15.9. The number of fused-ring (bicyclic) bond motifs is 4. The van der Waals surface area contributed by atoms with E-state index in [0.717, 1.165) is 34.4 Å². The Labute approximate surface area is 157 Å². The van der Waals surface area contributed by atoms with Gasteiger partial charge in [-0.2, -0.15) is 0 Å². The van der Waals surface area contributed by atoms with Crippen molar-refractivity contribution in [2.45, 2.75) is 13.3 Å². The molecule has 0 saturated heterocycles. The van der Waals surface area contributed by atoms with E-state index < -0.39 is 0 Å². The average Bonchev–Trinajstić information content (AvgIpc) is 3.25. The summed E-state index contributed by atoms with van der Waals surface area (Å²) in [6, 6.07) is 16.0. The van der Waals surface area contributed by atoms with Crippen LogP contribution in [-0.4, -0.2) is 22.1 Å². The van der Waals surface area contributed by atoms with Crippen molar-refractivity contribution in [2.24, 2.45) is 7.05 Å². The number of hydrogen-bond acceptors (Lipinski definition) is 2. The Hall–Kier alpha value is -3.34. The molecule has 1 aliphatic heterocycles. The van der Waals surface area contributed by atoms with E-state index in [2.05, 4.69) is 39.3 Å². The van der Waals surface area contributed by atoms with E-state index in [1.807, 2.05) is 49.2 Å². The second-order valence-corrected chi connectivity index (χ2v) is 7.08. The summed E-state index contributed by atoms with van der Waals surface area (Å²) >= 11 is 0. The molecule has 27 heavy (non-hydrogen) atoms. The SMILES string of the molecule is Cc1cc(NC(=O)N2CCc3c2ccc2c3ccn2C)c2ccccc2n1. The molecule has 0 fully saturated rings. The van der Waals surface area contributed by atoms with Crippen molar-refractivity contribution < 1.29 is 4.79 Å². The number of hydrogen-bond donors (Lipinski definition) is 1. The van der Waals surface area contributed by atoms with Crippen molar-refractivity contribution >= 4 is 39.2 Å². The highest BCUT2D eigenvalue weighted by atomic mass is 16.2. The first-order chi connectivity index (χ1) is 13.1. The maximum absolute atomic E-state index is 13.1. The molecule has 2 aromatic carbocycles. The number of pyridine rings is 1. The zero-order chi connectivity index (χ0) is 18.5. The molecule has 4 aromatic rings. The van der Waals surface area contributed by atoms with Gasteiger partial charge in [-0.05, 0) is 49.2 Å². The molecule has 2 aromatic heterocycles. The molecule has 2 amide bonds. The molecule has 1 N–H and O–H groups in total. The van der Waals surface area contributed by atoms with Gasteiger partial charge in [0.2, 0.25) is 0 Å². The number of nitrogens with zero attached hydrogens (tertiary/aromatic N) is 3. The van der Waals surface area contributed by atoms with Crippen LogP contribution < -0.4 is 10.2 Å². The van der Waals surface area contributed by atoms with Gasteiger partial charge in [0, 0.05) is 47.5 Å². The van der Waals surface area contributed by atoms with E-state index in [-0.39, 0.29) is 6.03 Å². The molecule has 0 atom stereocenters. The lowest BCUT2D eigenvalue weighted by molar-refractivity contribution is 0.257. The summed E-state index contributed by atoms with van der Waals surface area (Å²) in [6.07, 6.45) is 2.94. The number of aryl methyl sites for hydroxylation is 2. The molecule has 0 saturated carbocycles. The normalized spacial score (nSPS) is 13.3. The summed E-state index contributed by atoms with van der Waals surface area (Å²) in [5.74, 6) is 0. The van der Waals surface area contributed by atoms with Crippen LogP contribution in [0.5, 0.6) is 0 Å². The molecule has 5 nitrogen and oxygen atoms in total. The number of para-hydroxylation sites is 1. The van der Waals surface area contributed by atoms with Gasteiger partial charge >= 0.3 is 6.03 Å². The number of amides is 2. The van der Waals surface area contributed by atoms with Gasteiger partial charge in [-0.15, -0.1) is 0 Å². The summed E-state index contributed by atoms with van der Waals surface area (Å²) in [5.41, 5.74) is 6.03. The molecule has 5 heteroatoms. The van der Waals surface area contributed by atoms with Crippen molar-refractivity contribution in [3.63, 3.8) is 0 Å². The van der Waals surface area contributed by atoms with Gasteiger partial charge in [0.1, 0.15) is 0 Å². The van der Waals surface area contributed by atoms with Gasteiger partial charge < -0.3 is 9.88 Å². The Morgan fingerprint density at radius 2 is 1.96 bits per heavy atom. The summed E-state index contributed by atoms with van der Waals surface area (Å²) in [7, 11) is 2.05. The third kappa shape index (κ3) is 2.46. The van der Waals surface area contributed by atoms with E-state index in [1.54, 1.807) is 0 Å². The second kappa shape index (κ2) is 5.84. The number of carbonyl (C=O) groups excluding carboxylic acids is 1. The van der Waals surface area contributed by atoms with Crippen LogP contribution in [0.2, 0.25) is 0 Å². The molecule has 0 spiro atoms. The Kier molecular flexibility index (Phi) is 3.44. The quantitative estimate of drug-likeness (QED) is 0.541. The number of carbonyl (C=O) groups is 1. The smallest absolute Gasteiger partial charge is 0.326 e. The minimum atomic E-state index is -0.0974. The van der Waals surface area contributed by atoms with Crippen LogP contribution in [-0.2, 0) is 13.5 Å². The Balaban J connectivity index is 1.51. The first-order valence-corrected chi connectivity index (χ1v) is 9.13. The maximum atomic E-state index is 13.1. The highest BCUT2D eigenvalue weighted by Gasteiger charge is 2.27. The molecular formula is C22H20N4O. The van der Waals surface area contributed by atoms with Crippen LogP contribution >= 0.6 is 0 Å². The topological polar surface area (TPSA) is 50.2 Å². The molecule has 3 heterocycles. The third-order valence-electron chi connectivity index (χ3n) is 5.36. The lowest BCUT2D eigenvalue weighted by Gasteiger charge is -2.19. The van der Waals surface area contributed by atoms with Crippen LogP contribution in [0.15, 0.2) is 54.7 Å². The van der Waals surface area contributed by atoms with E-state index in [4.69, 9.17) is 0 Å². The lowest BCUT2D eigenvalue weighted by atomic mass is 10.1. The Morgan fingerprint density at radius 3 is 2.85 bits per heavy atom. The summed E-state index contributed by atoms with van der Waals surface area (Å²) < 4.78 is 2.12. The predicted molar refractivity (Wildman–Crippen MR) is 109 cm³/mol. The number of nitrogens with one attached hydrogen (secondary N) is 1. The lowest BCUT2D eigenvalue weighted by Crippen LogP contribution is -2.33. The number of benzene rings is 2. The van der Waals surface area contributed by atoms with Crippen LogP contribution in [0.1, 0.15) is 11.3 Å². The van der Waals surface area contributed by atoms with Crippen LogP contribution in [0.3, 0.4) is 0 Å². The number of anilines is 2. The number of rotatable bonds is 1. The molecule has 0 unspecified atom stereocenters. The monoisotopic (exact) mass is 356 g/mol. The largest absolute Gasteiger partial charge is 0.351 e. The highest BCUT2D eigenvalue weighted by molar-refractivity contribution is 6.09. The molecule has 5 rings (SSSR count). The van der Waals surface area contributed by atoms with Gasteiger partial charge in [-0.3, -0.25) is 9.88 Å². The molecule has 0 radical (unpaired) electrons. The summed E-state index contributed by atoms with van der Waals surface area (Å²) in [5, 5.41) is 5.29. The van der Waals surface area contributed by atoms with Crippen LogP contribution in [0, 0.1) is 6.92 Å². The van der Waals surface area contributed by atoms with Crippen molar-refractivity contribution in [1.29, 1.82) is 0 Å². The fourth-order valence-electron chi connectivity index (χ4n) is 4.07. The van der Waals surface area contributed by atoms with Crippen molar-refractivity contribution in [1.82, 2.24) is 9.55 Å². The fraction of sp³-hybridized carbons (Fsp3) is 0.182.